The fourth-order valence-electron chi connectivity index (χ4n) is 8.92. The Bertz CT molecular complexity index is 2400. The molecule has 4 nitrogen and oxygen atoms in total. The third-order valence-electron chi connectivity index (χ3n) is 12.0. The van der Waals surface area contributed by atoms with E-state index in [0.29, 0.717) is 11.3 Å². The number of hydrogen-bond donors (Lipinski definition) is 1. The molecular formula is C46H45N3OS. The number of phenols is 1. The number of benzene rings is 4. The molecule has 1 spiro atoms. The molecule has 2 fully saturated rings. The van der Waals surface area contributed by atoms with Gasteiger partial charge in [0.15, 0.2) is 0 Å². The maximum absolute atomic E-state index is 11.1. The maximum Gasteiger partial charge on any atom is 0.128 e. The highest BCUT2D eigenvalue weighted by atomic mass is 32.1. The quantitative estimate of drug-likeness (QED) is 0.187. The van der Waals surface area contributed by atoms with E-state index < -0.39 is 0 Å². The molecule has 5 heteroatoms. The molecule has 0 atom stereocenters. The zero-order chi connectivity index (χ0) is 34.7. The highest BCUT2D eigenvalue weighted by Crippen LogP contribution is 2.51. The monoisotopic (exact) mass is 687 g/mol. The minimum atomic E-state index is -0.0463. The van der Waals surface area contributed by atoms with Crippen molar-refractivity contribution in [2.75, 3.05) is 0 Å². The van der Waals surface area contributed by atoms with Crippen LogP contribution in [0.2, 0.25) is 0 Å². The van der Waals surface area contributed by atoms with E-state index in [1.54, 1.807) is 11.3 Å². The van der Waals surface area contributed by atoms with E-state index in [1.807, 2.05) is 24.5 Å². The number of pyridine rings is 2. The van der Waals surface area contributed by atoms with Crippen molar-refractivity contribution >= 4 is 43.2 Å². The van der Waals surface area contributed by atoms with Crippen LogP contribution in [0.4, 0.5) is 0 Å². The lowest BCUT2D eigenvalue weighted by Gasteiger charge is -2.43. The molecule has 3 heterocycles. The van der Waals surface area contributed by atoms with Crippen molar-refractivity contribution in [3.05, 3.63) is 108 Å². The first-order valence-corrected chi connectivity index (χ1v) is 19.6. The molecule has 256 valence electrons. The number of nitrogens with zero attached hydrogens (tertiary/aromatic N) is 3. The largest absolute Gasteiger partial charge is 0.507 e. The molecule has 4 aromatic carbocycles. The highest BCUT2D eigenvalue weighted by Gasteiger charge is 2.36. The lowest BCUT2D eigenvalue weighted by atomic mass is 9.62. The smallest absolute Gasteiger partial charge is 0.128 e. The van der Waals surface area contributed by atoms with Crippen molar-refractivity contribution in [2.45, 2.75) is 89.9 Å². The normalized spacial score (nSPS) is 16.8. The summed E-state index contributed by atoms with van der Waals surface area (Å²) in [4.78, 5) is 14.8. The van der Waals surface area contributed by atoms with Gasteiger partial charge in [0.25, 0.3) is 0 Å². The van der Waals surface area contributed by atoms with Crippen molar-refractivity contribution < 1.29 is 5.11 Å². The molecule has 0 saturated heterocycles. The van der Waals surface area contributed by atoms with Gasteiger partial charge in [-0.15, -0.1) is 11.3 Å². The van der Waals surface area contributed by atoms with Crippen LogP contribution in [0.25, 0.3) is 64.8 Å². The fourth-order valence-corrected chi connectivity index (χ4v) is 9.93. The molecule has 0 aliphatic heterocycles. The minimum absolute atomic E-state index is 0.0463. The summed E-state index contributed by atoms with van der Waals surface area (Å²) in [5, 5.41) is 15.0. The summed E-state index contributed by atoms with van der Waals surface area (Å²) >= 11 is 1.61. The van der Waals surface area contributed by atoms with Gasteiger partial charge in [-0.2, -0.15) is 0 Å². The SMILES string of the molecule is CC(C)(C)c1ccc(-c2nc3c(ccc4cnc5ccc(-c6cc(-c7ccc(C8CCC9(CCCCC9)CC8)cc7)ccn6)cc5c43)s2)c(O)c1. The van der Waals surface area contributed by atoms with Gasteiger partial charge in [-0.1, -0.05) is 82.5 Å². The molecule has 1 N–H and O–H groups in total. The number of aromatic hydroxyl groups is 1. The van der Waals surface area contributed by atoms with Crippen molar-refractivity contribution in [3.63, 3.8) is 0 Å². The third kappa shape index (κ3) is 6.00. The van der Waals surface area contributed by atoms with Gasteiger partial charge in [-0.25, -0.2) is 4.98 Å². The number of rotatable bonds is 4. The van der Waals surface area contributed by atoms with Crippen LogP contribution >= 0.6 is 11.3 Å². The first-order chi connectivity index (χ1) is 24.7. The van der Waals surface area contributed by atoms with E-state index >= 15 is 0 Å². The second-order valence-electron chi connectivity index (χ2n) is 16.3. The Morgan fingerprint density at radius 1 is 0.745 bits per heavy atom. The Morgan fingerprint density at radius 2 is 1.53 bits per heavy atom. The maximum atomic E-state index is 11.1. The van der Waals surface area contributed by atoms with Crippen molar-refractivity contribution in [1.29, 1.82) is 0 Å². The van der Waals surface area contributed by atoms with Crippen LogP contribution in [0, 0.1) is 5.41 Å². The van der Waals surface area contributed by atoms with E-state index in [2.05, 4.69) is 93.6 Å². The highest BCUT2D eigenvalue weighted by molar-refractivity contribution is 7.21. The van der Waals surface area contributed by atoms with Gasteiger partial charge in [0, 0.05) is 34.1 Å². The van der Waals surface area contributed by atoms with Gasteiger partial charge in [0.05, 0.1) is 27.0 Å². The van der Waals surface area contributed by atoms with Gasteiger partial charge >= 0.3 is 0 Å². The minimum Gasteiger partial charge on any atom is -0.507 e. The van der Waals surface area contributed by atoms with Crippen molar-refractivity contribution in [3.8, 4) is 38.7 Å². The fraction of sp³-hybridized carbons (Fsp3) is 0.326. The van der Waals surface area contributed by atoms with Crippen LogP contribution in [0.1, 0.15) is 95.6 Å². The van der Waals surface area contributed by atoms with E-state index in [-0.39, 0.29) is 11.2 Å². The van der Waals surface area contributed by atoms with Gasteiger partial charge < -0.3 is 5.11 Å². The Labute approximate surface area is 304 Å². The summed E-state index contributed by atoms with van der Waals surface area (Å²) in [5.74, 6) is 0.961. The average Bonchev–Trinajstić information content (AvgIpc) is 3.59. The van der Waals surface area contributed by atoms with Crippen molar-refractivity contribution in [2.24, 2.45) is 5.41 Å². The predicted octanol–water partition coefficient (Wildman–Crippen LogP) is 13.0. The number of phenolic OH excluding ortho intramolecular Hbond substituents is 1. The number of aromatic nitrogens is 3. The van der Waals surface area contributed by atoms with Crippen LogP contribution in [0.3, 0.4) is 0 Å². The predicted molar refractivity (Wildman–Crippen MR) is 214 cm³/mol. The molecule has 51 heavy (non-hydrogen) atoms. The van der Waals surface area contributed by atoms with Crippen LogP contribution in [0.5, 0.6) is 5.75 Å². The lowest BCUT2D eigenvalue weighted by molar-refractivity contribution is 0.114. The molecule has 7 aromatic rings. The molecule has 0 bridgehead atoms. The second kappa shape index (κ2) is 12.6. The molecule has 3 aromatic heterocycles. The van der Waals surface area contributed by atoms with E-state index in [4.69, 9.17) is 15.0 Å². The van der Waals surface area contributed by atoms with Gasteiger partial charge in [-0.05, 0) is 120 Å². The summed E-state index contributed by atoms with van der Waals surface area (Å²) in [6.45, 7) is 6.47. The topological polar surface area (TPSA) is 58.9 Å². The molecule has 0 amide bonds. The first-order valence-electron chi connectivity index (χ1n) is 18.8. The lowest BCUT2D eigenvalue weighted by Crippen LogP contribution is -2.29. The number of hydrogen-bond acceptors (Lipinski definition) is 5. The van der Waals surface area contributed by atoms with Crippen LogP contribution in [0.15, 0.2) is 97.3 Å². The van der Waals surface area contributed by atoms with E-state index in [0.717, 1.165) is 59.3 Å². The molecule has 0 radical (unpaired) electrons. The average molecular weight is 688 g/mol. The van der Waals surface area contributed by atoms with Crippen LogP contribution in [-0.4, -0.2) is 20.1 Å². The van der Waals surface area contributed by atoms with Crippen molar-refractivity contribution in [1.82, 2.24) is 15.0 Å². The molecule has 0 unspecified atom stereocenters. The summed E-state index contributed by atoms with van der Waals surface area (Å²) in [7, 11) is 0. The van der Waals surface area contributed by atoms with E-state index in [1.165, 1.54) is 74.5 Å². The zero-order valence-electron chi connectivity index (χ0n) is 29.9. The second-order valence-corrected chi connectivity index (χ2v) is 17.3. The Morgan fingerprint density at radius 3 is 2.29 bits per heavy atom. The summed E-state index contributed by atoms with van der Waals surface area (Å²) in [6.07, 6.45) is 16.6. The zero-order valence-corrected chi connectivity index (χ0v) is 30.7. The molecule has 2 aliphatic carbocycles. The van der Waals surface area contributed by atoms with Gasteiger partial charge in [-0.3, -0.25) is 9.97 Å². The van der Waals surface area contributed by atoms with E-state index in [9.17, 15) is 5.11 Å². The van der Waals surface area contributed by atoms with Gasteiger partial charge in [0.1, 0.15) is 10.8 Å². The summed E-state index contributed by atoms with van der Waals surface area (Å²) < 4.78 is 1.08. The Kier molecular flexibility index (Phi) is 7.96. The number of thiazole rings is 1. The standard InChI is InChI=1S/C46H45N3OS/c1-45(2,3)35-13-14-36(40(50)27-35)44-49-43-41(51-44)16-12-34-28-48-38-15-11-33(25-37(38)42(34)43)39-26-32(19-24-47-39)30-9-7-29(8-10-30)31-17-22-46(23-18-31)20-5-4-6-21-46/h7-16,19,24-28,31,50H,4-6,17-18,20-23H2,1-3H3. The van der Waals surface area contributed by atoms with Gasteiger partial charge in [0.2, 0.25) is 0 Å². The molecule has 2 aliphatic rings. The van der Waals surface area contributed by atoms with Crippen LogP contribution in [-0.2, 0) is 5.41 Å². The Balaban J connectivity index is 1.03. The number of fused-ring (bicyclic) bond motifs is 5. The molecular weight excluding hydrogens is 643 g/mol. The summed E-state index contributed by atoms with van der Waals surface area (Å²) in [6, 6.07) is 30.4. The molecule has 9 rings (SSSR count). The third-order valence-corrected chi connectivity index (χ3v) is 13.1. The summed E-state index contributed by atoms with van der Waals surface area (Å²) in [5.41, 5.74) is 10.2. The Hall–Kier alpha value is -4.61. The first kappa shape index (κ1) is 32.3. The van der Waals surface area contributed by atoms with Crippen LogP contribution < -0.4 is 0 Å². The molecule has 2 saturated carbocycles.